The number of hydrogen-bond acceptors (Lipinski definition) is 3. The van der Waals surface area contributed by atoms with E-state index in [9.17, 15) is 14.4 Å². The Labute approximate surface area is 162 Å². The van der Waals surface area contributed by atoms with Crippen molar-refractivity contribution in [2.75, 3.05) is 11.9 Å². The molecule has 138 valence electrons. The van der Waals surface area contributed by atoms with Gasteiger partial charge in [0.25, 0.3) is 17.7 Å². The molecule has 0 saturated carbocycles. The van der Waals surface area contributed by atoms with E-state index >= 15 is 0 Å². The van der Waals surface area contributed by atoms with E-state index in [0.29, 0.717) is 28.9 Å². The zero-order chi connectivity index (χ0) is 19.7. The summed E-state index contributed by atoms with van der Waals surface area (Å²) in [5.41, 5.74) is 2.32. The van der Waals surface area contributed by atoms with Crippen LogP contribution in [0.2, 0.25) is 0 Å². The SMILES string of the molecule is CN(Cc1ccccc1)C(=O)c1ccccc1N1C(=O)c2ccccc2C1=O. The zero-order valence-electron chi connectivity index (χ0n) is 15.3. The minimum absolute atomic E-state index is 0.254. The van der Waals surface area contributed by atoms with Crippen LogP contribution in [0.1, 0.15) is 36.6 Å². The number of benzene rings is 3. The van der Waals surface area contributed by atoms with Crippen LogP contribution in [0.15, 0.2) is 78.9 Å². The van der Waals surface area contributed by atoms with Crippen LogP contribution in [0, 0.1) is 0 Å². The summed E-state index contributed by atoms with van der Waals surface area (Å²) in [5, 5.41) is 0. The smallest absolute Gasteiger partial charge is 0.266 e. The van der Waals surface area contributed by atoms with Gasteiger partial charge in [-0.3, -0.25) is 14.4 Å². The third-order valence-corrected chi connectivity index (χ3v) is 4.78. The van der Waals surface area contributed by atoms with Crippen LogP contribution in [-0.4, -0.2) is 29.7 Å². The summed E-state index contributed by atoms with van der Waals surface area (Å²) >= 11 is 0. The van der Waals surface area contributed by atoms with Gasteiger partial charge in [0.15, 0.2) is 0 Å². The average molecular weight is 370 g/mol. The second kappa shape index (κ2) is 7.12. The second-order valence-electron chi connectivity index (χ2n) is 6.66. The maximum atomic E-state index is 13.1. The van der Waals surface area contributed by atoms with Crippen molar-refractivity contribution in [1.82, 2.24) is 4.90 Å². The van der Waals surface area contributed by atoms with E-state index in [1.165, 1.54) is 0 Å². The quantitative estimate of drug-likeness (QED) is 0.657. The fourth-order valence-electron chi connectivity index (χ4n) is 3.39. The Morgan fingerprint density at radius 3 is 1.96 bits per heavy atom. The molecule has 28 heavy (non-hydrogen) atoms. The molecule has 0 saturated heterocycles. The van der Waals surface area contributed by atoms with Crippen LogP contribution in [0.5, 0.6) is 0 Å². The van der Waals surface area contributed by atoms with Crippen molar-refractivity contribution in [2.45, 2.75) is 6.54 Å². The molecule has 0 unspecified atom stereocenters. The van der Waals surface area contributed by atoms with Crippen molar-refractivity contribution >= 4 is 23.4 Å². The first-order valence-corrected chi connectivity index (χ1v) is 8.94. The van der Waals surface area contributed by atoms with Crippen LogP contribution in [0.25, 0.3) is 0 Å². The number of anilines is 1. The molecule has 0 fully saturated rings. The van der Waals surface area contributed by atoms with Crippen LogP contribution in [-0.2, 0) is 6.54 Å². The number of rotatable bonds is 4. The normalized spacial score (nSPS) is 12.8. The Kier molecular flexibility index (Phi) is 4.49. The highest BCUT2D eigenvalue weighted by atomic mass is 16.2. The molecule has 1 aliphatic rings. The first-order valence-electron chi connectivity index (χ1n) is 8.94. The summed E-state index contributed by atoms with van der Waals surface area (Å²) < 4.78 is 0. The molecule has 0 atom stereocenters. The van der Waals surface area contributed by atoms with E-state index in [4.69, 9.17) is 0 Å². The van der Waals surface area contributed by atoms with E-state index in [2.05, 4.69) is 0 Å². The predicted molar refractivity (Wildman–Crippen MR) is 106 cm³/mol. The van der Waals surface area contributed by atoms with Crippen molar-refractivity contribution in [3.05, 3.63) is 101 Å². The molecule has 0 aliphatic carbocycles. The summed E-state index contributed by atoms with van der Waals surface area (Å²) in [7, 11) is 1.70. The Balaban J connectivity index is 1.67. The van der Waals surface area contributed by atoms with Gasteiger partial charge in [0, 0.05) is 13.6 Å². The highest BCUT2D eigenvalue weighted by Gasteiger charge is 2.38. The number of carbonyl (C=O) groups is 3. The predicted octanol–water partition coefficient (Wildman–Crippen LogP) is 3.76. The van der Waals surface area contributed by atoms with Crippen molar-refractivity contribution in [3.63, 3.8) is 0 Å². The van der Waals surface area contributed by atoms with Crippen LogP contribution < -0.4 is 4.90 Å². The molecule has 3 aromatic rings. The summed E-state index contributed by atoms with van der Waals surface area (Å²) in [4.78, 5) is 41.4. The molecular formula is C23H18N2O3. The minimum atomic E-state index is -0.411. The lowest BCUT2D eigenvalue weighted by atomic mass is 10.1. The first kappa shape index (κ1) is 17.7. The number of fused-ring (bicyclic) bond motifs is 1. The van der Waals surface area contributed by atoms with Gasteiger partial charge in [0.05, 0.1) is 22.4 Å². The lowest BCUT2D eigenvalue weighted by molar-refractivity contribution is 0.0786. The van der Waals surface area contributed by atoms with Crippen LogP contribution >= 0.6 is 0 Å². The molecule has 4 rings (SSSR count). The molecule has 5 heteroatoms. The molecule has 3 aromatic carbocycles. The van der Waals surface area contributed by atoms with Crippen molar-refractivity contribution in [1.29, 1.82) is 0 Å². The lowest BCUT2D eigenvalue weighted by Gasteiger charge is -2.22. The maximum Gasteiger partial charge on any atom is 0.266 e. The standard InChI is InChI=1S/C23H18N2O3/c1-24(15-16-9-3-2-4-10-16)21(26)19-13-7-8-14-20(19)25-22(27)17-11-5-6-12-18(17)23(25)28/h2-14H,15H2,1H3. The van der Waals surface area contributed by atoms with Gasteiger partial charge in [-0.15, -0.1) is 0 Å². The average Bonchev–Trinajstić information content (AvgIpc) is 2.99. The topological polar surface area (TPSA) is 57.7 Å². The molecule has 1 heterocycles. The van der Waals surface area contributed by atoms with Gasteiger partial charge in [-0.1, -0.05) is 54.6 Å². The van der Waals surface area contributed by atoms with Crippen molar-refractivity contribution in [2.24, 2.45) is 0 Å². The van der Waals surface area contributed by atoms with Gasteiger partial charge in [0.1, 0.15) is 0 Å². The fraction of sp³-hybridized carbons (Fsp3) is 0.0870. The van der Waals surface area contributed by atoms with Gasteiger partial charge in [-0.05, 0) is 29.8 Å². The number of amides is 3. The van der Waals surface area contributed by atoms with E-state index in [-0.39, 0.29) is 5.91 Å². The maximum absolute atomic E-state index is 13.1. The highest BCUT2D eigenvalue weighted by Crippen LogP contribution is 2.31. The van der Waals surface area contributed by atoms with Crippen molar-refractivity contribution < 1.29 is 14.4 Å². The Morgan fingerprint density at radius 1 is 0.786 bits per heavy atom. The Bertz CT molecular complexity index is 1040. The van der Waals surface area contributed by atoms with Crippen LogP contribution in [0.3, 0.4) is 0 Å². The van der Waals surface area contributed by atoms with E-state index in [1.54, 1.807) is 60.5 Å². The molecule has 3 amide bonds. The monoisotopic (exact) mass is 370 g/mol. The lowest BCUT2D eigenvalue weighted by Crippen LogP contribution is -2.33. The molecule has 0 radical (unpaired) electrons. The van der Waals surface area contributed by atoms with Crippen molar-refractivity contribution in [3.8, 4) is 0 Å². The van der Waals surface area contributed by atoms with E-state index < -0.39 is 11.8 Å². The summed E-state index contributed by atoms with van der Waals surface area (Å²) in [6, 6.07) is 23.1. The third kappa shape index (κ3) is 2.97. The molecule has 0 bridgehead atoms. The van der Waals surface area contributed by atoms with Gasteiger partial charge in [-0.2, -0.15) is 0 Å². The second-order valence-corrected chi connectivity index (χ2v) is 6.66. The number of hydrogen-bond donors (Lipinski definition) is 0. The largest absolute Gasteiger partial charge is 0.337 e. The molecular weight excluding hydrogens is 352 g/mol. The number of para-hydroxylation sites is 1. The Morgan fingerprint density at radius 2 is 1.32 bits per heavy atom. The zero-order valence-corrected chi connectivity index (χ0v) is 15.3. The molecule has 0 spiro atoms. The summed E-state index contributed by atoms with van der Waals surface area (Å²) in [6.45, 7) is 0.427. The fourth-order valence-corrected chi connectivity index (χ4v) is 3.39. The minimum Gasteiger partial charge on any atom is -0.337 e. The number of carbonyl (C=O) groups excluding carboxylic acids is 3. The summed E-state index contributed by atoms with van der Waals surface area (Å²) in [6.07, 6.45) is 0. The first-order chi connectivity index (χ1) is 13.6. The molecule has 5 nitrogen and oxygen atoms in total. The van der Waals surface area contributed by atoms with E-state index in [0.717, 1.165) is 10.5 Å². The highest BCUT2D eigenvalue weighted by molar-refractivity contribution is 6.35. The number of nitrogens with zero attached hydrogens (tertiary/aromatic N) is 2. The van der Waals surface area contributed by atoms with Gasteiger partial charge < -0.3 is 4.90 Å². The number of imide groups is 1. The molecule has 1 aliphatic heterocycles. The van der Waals surface area contributed by atoms with Crippen LogP contribution in [0.4, 0.5) is 5.69 Å². The molecule has 0 aromatic heterocycles. The van der Waals surface area contributed by atoms with Gasteiger partial charge >= 0.3 is 0 Å². The van der Waals surface area contributed by atoms with Gasteiger partial charge in [-0.25, -0.2) is 4.90 Å². The molecule has 0 N–H and O–H groups in total. The van der Waals surface area contributed by atoms with Gasteiger partial charge in [0.2, 0.25) is 0 Å². The van der Waals surface area contributed by atoms with E-state index in [1.807, 2.05) is 30.3 Å². The third-order valence-electron chi connectivity index (χ3n) is 4.78. The Hall–Kier alpha value is -3.73. The summed E-state index contributed by atoms with van der Waals surface area (Å²) in [5.74, 6) is -1.07.